The summed E-state index contributed by atoms with van der Waals surface area (Å²) in [6.45, 7) is 1.96. The molecule has 0 saturated heterocycles. The van der Waals surface area contributed by atoms with Crippen molar-refractivity contribution in [1.82, 2.24) is 5.16 Å². The van der Waals surface area contributed by atoms with Gasteiger partial charge in [0.25, 0.3) is 0 Å². The lowest BCUT2D eigenvalue weighted by atomic mass is 10.1. The zero-order valence-electron chi connectivity index (χ0n) is 8.13. The van der Waals surface area contributed by atoms with Gasteiger partial charge in [0.1, 0.15) is 5.69 Å². The molecular weight excluding hydrogens is 233 g/mol. The first-order valence-corrected chi connectivity index (χ1v) is 5.40. The van der Waals surface area contributed by atoms with E-state index in [0.29, 0.717) is 11.6 Å². The SMILES string of the molecule is Cc1ccc(-c2cc(CCl)on2)cc1Cl. The second kappa shape index (κ2) is 4.25. The second-order valence-corrected chi connectivity index (χ2v) is 3.95. The summed E-state index contributed by atoms with van der Waals surface area (Å²) in [7, 11) is 0. The van der Waals surface area contributed by atoms with Gasteiger partial charge < -0.3 is 4.52 Å². The zero-order chi connectivity index (χ0) is 10.8. The summed E-state index contributed by atoms with van der Waals surface area (Å²) in [4.78, 5) is 0. The highest BCUT2D eigenvalue weighted by Crippen LogP contribution is 2.25. The normalized spacial score (nSPS) is 10.6. The summed E-state index contributed by atoms with van der Waals surface area (Å²) >= 11 is 11.6. The third-order valence-electron chi connectivity index (χ3n) is 2.16. The van der Waals surface area contributed by atoms with Crippen LogP contribution in [0.4, 0.5) is 0 Å². The van der Waals surface area contributed by atoms with Crippen molar-refractivity contribution < 1.29 is 4.52 Å². The largest absolute Gasteiger partial charge is 0.359 e. The molecule has 0 bridgehead atoms. The van der Waals surface area contributed by atoms with E-state index in [0.717, 1.165) is 21.8 Å². The number of benzene rings is 1. The minimum atomic E-state index is 0.326. The molecule has 2 aromatic rings. The topological polar surface area (TPSA) is 26.0 Å². The number of aryl methyl sites for hydroxylation is 1. The summed E-state index contributed by atoms with van der Waals surface area (Å²) < 4.78 is 5.01. The van der Waals surface area contributed by atoms with Gasteiger partial charge in [0.15, 0.2) is 5.76 Å². The molecule has 1 aromatic carbocycles. The van der Waals surface area contributed by atoms with Gasteiger partial charge in [0.2, 0.25) is 0 Å². The van der Waals surface area contributed by atoms with Crippen molar-refractivity contribution in [2.24, 2.45) is 0 Å². The Morgan fingerprint density at radius 2 is 2.13 bits per heavy atom. The lowest BCUT2D eigenvalue weighted by Gasteiger charge is -1.99. The molecule has 78 valence electrons. The second-order valence-electron chi connectivity index (χ2n) is 3.28. The van der Waals surface area contributed by atoms with Crippen LogP contribution in [0.5, 0.6) is 0 Å². The quantitative estimate of drug-likeness (QED) is 0.742. The van der Waals surface area contributed by atoms with Crippen molar-refractivity contribution in [3.63, 3.8) is 0 Å². The molecule has 1 aromatic heterocycles. The van der Waals surface area contributed by atoms with E-state index in [9.17, 15) is 0 Å². The minimum absolute atomic E-state index is 0.326. The molecule has 0 unspecified atom stereocenters. The molecule has 0 aliphatic rings. The highest BCUT2D eigenvalue weighted by atomic mass is 35.5. The van der Waals surface area contributed by atoms with Crippen molar-refractivity contribution in [2.45, 2.75) is 12.8 Å². The monoisotopic (exact) mass is 241 g/mol. The summed E-state index contributed by atoms with van der Waals surface area (Å²) in [5.74, 6) is 0.982. The van der Waals surface area contributed by atoms with E-state index in [4.69, 9.17) is 27.7 Å². The maximum Gasteiger partial charge on any atom is 0.152 e. The molecule has 0 fully saturated rings. The number of aromatic nitrogens is 1. The number of hydrogen-bond donors (Lipinski definition) is 0. The molecule has 0 amide bonds. The summed E-state index contributed by atoms with van der Waals surface area (Å²) in [6, 6.07) is 7.59. The highest BCUT2D eigenvalue weighted by molar-refractivity contribution is 6.31. The molecular formula is C11H9Cl2NO. The van der Waals surface area contributed by atoms with Gasteiger partial charge in [-0.05, 0) is 18.6 Å². The zero-order valence-corrected chi connectivity index (χ0v) is 9.64. The first kappa shape index (κ1) is 10.5. The Hall–Kier alpha value is -0.990. The van der Waals surface area contributed by atoms with Crippen molar-refractivity contribution in [1.29, 1.82) is 0 Å². The molecule has 0 aliphatic heterocycles. The van der Waals surface area contributed by atoms with Gasteiger partial charge >= 0.3 is 0 Å². The van der Waals surface area contributed by atoms with Crippen LogP contribution in [-0.4, -0.2) is 5.16 Å². The summed E-state index contributed by atoms with van der Waals surface area (Å²) in [6.07, 6.45) is 0. The van der Waals surface area contributed by atoms with Crippen LogP contribution in [0.25, 0.3) is 11.3 Å². The number of nitrogens with zero attached hydrogens (tertiary/aromatic N) is 1. The van der Waals surface area contributed by atoms with Crippen LogP contribution in [0.2, 0.25) is 5.02 Å². The molecule has 0 radical (unpaired) electrons. The van der Waals surface area contributed by atoms with Gasteiger partial charge in [-0.1, -0.05) is 28.9 Å². The van der Waals surface area contributed by atoms with Crippen LogP contribution in [-0.2, 0) is 5.88 Å². The van der Waals surface area contributed by atoms with Crippen molar-refractivity contribution in [3.05, 3.63) is 40.6 Å². The van der Waals surface area contributed by atoms with Crippen LogP contribution in [0, 0.1) is 6.92 Å². The van der Waals surface area contributed by atoms with E-state index in [-0.39, 0.29) is 0 Å². The van der Waals surface area contributed by atoms with Crippen molar-refractivity contribution >= 4 is 23.2 Å². The van der Waals surface area contributed by atoms with E-state index in [2.05, 4.69) is 5.16 Å². The Bertz CT molecular complexity index is 479. The molecule has 0 N–H and O–H groups in total. The predicted octanol–water partition coefficient (Wildman–Crippen LogP) is 4.04. The number of rotatable bonds is 2. The van der Waals surface area contributed by atoms with Crippen LogP contribution in [0.3, 0.4) is 0 Å². The standard InChI is InChI=1S/C11H9Cl2NO/c1-7-2-3-8(4-10(7)13)11-5-9(6-12)15-14-11/h2-5H,6H2,1H3. The molecule has 2 rings (SSSR count). The van der Waals surface area contributed by atoms with Gasteiger partial charge in [-0.15, -0.1) is 11.6 Å². The Kier molecular flexibility index (Phi) is 2.98. The predicted molar refractivity (Wildman–Crippen MR) is 61.2 cm³/mol. The lowest BCUT2D eigenvalue weighted by Crippen LogP contribution is -1.79. The smallest absolute Gasteiger partial charge is 0.152 e. The Labute approximate surface area is 97.8 Å². The van der Waals surface area contributed by atoms with E-state index in [1.54, 1.807) is 0 Å². The fourth-order valence-electron chi connectivity index (χ4n) is 1.26. The highest BCUT2D eigenvalue weighted by Gasteiger charge is 2.06. The van der Waals surface area contributed by atoms with Crippen LogP contribution >= 0.6 is 23.2 Å². The third kappa shape index (κ3) is 2.16. The van der Waals surface area contributed by atoms with Crippen molar-refractivity contribution in [2.75, 3.05) is 0 Å². The Morgan fingerprint density at radius 3 is 2.73 bits per heavy atom. The van der Waals surface area contributed by atoms with E-state index in [1.165, 1.54) is 0 Å². The molecule has 0 aliphatic carbocycles. The van der Waals surface area contributed by atoms with Crippen LogP contribution < -0.4 is 0 Å². The average molecular weight is 242 g/mol. The Morgan fingerprint density at radius 1 is 1.33 bits per heavy atom. The first-order valence-electron chi connectivity index (χ1n) is 4.49. The van der Waals surface area contributed by atoms with Gasteiger partial charge in [-0.3, -0.25) is 0 Å². The molecule has 0 saturated carbocycles. The summed E-state index contributed by atoms with van der Waals surface area (Å²) in [5.41, 5.74) is 2.74. The Balaban J connectivity index is 2.40. The number of alkyl halides is 1. The molecule has 15 heavy (non-hydrogen) atoms. The molecule has 2 nitrogen and oxygen atoms in total. The summed E-state index contributed by atoms with van der Waals surface area (Å²) in [5, 5.41) is 4.63. The third-order valence-corrected chi connectivity index (χ3v) is 2.83. The fourth-order valence-corrected chi connectivity index (χ4v) is 1.57. The average Bonchev–Trinajstić information content (AvgIpc) is 2.70. The fraction of sp³-hybridized carbons (Fsp3) is 0.182. The number of halogens is 2. The van der Waals surface area contributed by atoms with E-state index in [1.807, 2.05) is 31.2 Å². The molecule has 1 heterocycles. The first-order chi connectivity index (χ1) is 7.20. The number of hydrogen-bond acceptors (Lipinski definition) is 2. The lowest BCUT2D eigenvalue weighted by molar-refractivity contribution is 0.396. The van der Waals surface area contributed by atoms with Gasteiger partial charge in [-0.25, -0.2) is 0 Å². The molecule has 4 heteroatoms. The van der Waals surface area contributed by atoms with Crippen molar-refractivity contribution in [3.8, 4) is 11.3 Å². The molecule has 0 atom stereocenters. The van der Waals surface area contributed by atoms with E-state index < -0.39 is 0 Å². The minimum Gasteiger partial charge on any atom is -0.359 e. The van der Waals surface area contributed by atoms with Gasteiger partial charge in [-0.2, -0.15) is 0 Å². The molecule has 0 spiro atoms. The van der Waals surface area contributed by atoms with Gasteiger partial charge in [0, 0.05) is 16.7 Å². The van der Waals surface area contributed by atoms with Gasteiger partial charge in [0.05, 0.1) is 5.88 Å². The van der Waals surface area contributed by atoms with Crippen LogP contribution in [0.15, 0.2) is 28.8 Å². The maximum absolute atomic E-state index is 6.02. The van der Waals surface area contributed by atoms with E-state index >= 15 is 0 Å². The van der Waals surface area contributed by atoms with Crippen LogP contribution in [0.1, 0.15) is 11.3 Å². The maximum atomic E-state index is 6.02.